The lowest BCUT2D eigenvalue weighted by Crippen LogP contribution is -2.38. The summed E-state index contributed by atoms with van der Waals surface area (Å²) in [5.74, 6) is 1.27. The van der Waals surface area contributed by atoms with E-state index in [1.54, 1.807) is 25.3 Å². The smallest absolute Gasteiger partial charge is 0.262 e. The van der Waals surface area contributed by atoms with Crippen molar-refractivity contribution in [3.63, 3.8) is 0 Å². The topological polar surface area (TPSA) is 103 Å². The summed E-state index contributed by atoms with van der Waals surface area (Å²) in [6.45, 7) is 3.03. The number of methoxy groups -OCH3 is 2. The van der Waals surface area contributed by atoms with Crippen LogP contribution in [0.3, 0.4) is 0 Å². The molecule has 1 amide bonds. The van der Waals surface area contributed by atoms with Gasteiger partial charge in [-0.05, 0) is 30.9 Å². The Hall–Kier alpha value is -2.59. The first-order valence-electron chi connectivity index (χ1n) is 9.37. The van der Waals surface area contributed by atoms with Crippen molar-refractivity contribution in [3.8, 4) is 11.5 Å². The molecule has 0 atom stereocenters. The van der Waals surface area contributed by atoms with Crippen LogP contribution in [0.15, 0.2) is 35.7 Å². The van der Waals surface area contributed by atoms with Crippen molar-refractivity contribution in [1.29, 1.82) is 0 Å². The monoisotopic (exact) mass is 422 g/mol. The van der Waals surface area contributed by atoms with E-state index < -0.39 is 10.0 Å². The van der Waals surface area contributed by atoms with Crippen LogP contribution in [-0.2, 0) is 21.4 Å². The minimum Gasteiger partial charge on any atom is -0.497 e. The summed E-state index contributed by atoms with van der Waals surface area (Å²) < 4.78 is 38.8. The molecule has 0 bridgehead atoms. The molecule has 2 heterocycles. The molecule has 1 fully saturated rings. The third-order valence-electron chi connectivity index (χ3n) is 4.97. The lowest BCUT2D eigenvalue weighted by molar-refractivity contribution is -0.116. The van der Waals surface area contributed by atoms with Gasteiger partial charge in [-0.25, -0.2) is 13.4 Å². The van der Waals surface area contributed by atoms with E-state index in [1.807, 2.05) is 0 Å². The minimum atomic E-state index is -3.64. The van der Waals surface area contributed by atoms with Gasteiger partial charge < -0.3 is 19.4 Å². The number of hydrogen-bond acceptors (Lipinski definition) is 6. The standard InChI is InChI=1S/C19H26N4O5S/c1-14-6-8-23(9-7-14)29(25,26)19-12-22(13-20-19)11-18(24)21-16-5-4-15(27-2)10-17(16)28-3/h4-5,10,12-14H,6-9,11H2,1-3H3,(H,21,24). The molecule has 3 rings (SSSR count). The van der Waals surface area contributed by atoms with Crippen LogP contribution in [0.1, 0.15) is 19.8 Å². The van der Waals surface area contributed by atoms with Crippen molar-refractivity contribution in [2.45, 2.75) is 31.3 Å². The van der Waals surface area contributed by atoms with E-state index in [9.17, 15) is 13.2 Å². The Balaban J connectivity index is 1.66. The highest BCUT2D eigenvalue weighted by Crippen LogP contribution is 2.29. The first kappa shape index (κ1) is 21.1. The molecule has 0 radical (unpaired) electrons. The van der Waals surface area contributed by atoms with Gasteiger partial charge in [0.05, 0.1) is 26.2 Å². The molecular formula is C19H26N4O5S. The van der Waals surface area contributed by atoms with E-state index in [0.29, 0.717) is 36.2 Å². The quantitative estimate of drug-likeness (QED) is 0.732. The zero-order chi connectivity index (χ0) is 21.0. The van der Waals surface area contributed by atoms with Crippen LogP contribution in [0, 0.1) is 5.92 Å². The Morgan fingerprint density at radius 1 is 1.24 bits per heavy atom. The molecule has 0 unspecified atom stereocenters. The second kappa shape index (κ2) is 8.83. The molecule has 0 saturated carbocycles. The molecule has 9 nitrogen and oxygen atoms in total. The van der Waals surface area contributed by atoms with E-state index in [2.05, 4.69) is 17.2 Å². The Bertz CT molecular complexity index is 965. The molecule has 1 aromatic carbocycles. The second-order valence-electron chi connectivity index (χ2n) is 7.09. The summed E-state index contributed by atoms with van der Waals surface area (Å²) in [4.78, 5) is 16.4. The van der Waals surface area contributed by atoms with E-state index >= 15 is 0 Å². The van der Waals surface area contributed by atoms with E-state index in [1.165, 1.54) is 28.5 Å². The van der Waals surface area contributed by atoms with Crippen molar-refractivity contribution in [2.24, 2.45) is 5.92 Å². The molecule has 1 saturated heterocycles. The average Bonchev–Trinajstić information content (AvgIpc) is 3.17. The van der Waals surface area contributed by atoms with Crippen LogP contribution in [0.25, 0.3) is 0 Å². The number of piperidine rings is 1. The number of rotatable bonds is 7. The van der Waals surface area contributed by atoms with Gasteiger partial charge >= 0.3 is 0 Å². The van der Waals surface area contributed by atoms with Crippen molar-refractivity contribution in [2.75, 3.05) is 32.6 Å². The molecule has 29 heavy (non-hydrogen) atoms. The lowest BCUT2D eigenvalue weighted by Gasteiger charge is -2.28. The third-order valence-corrected chi connectivity index (χ3v) is 6.75. The van der Waals surface area contributed by atoms with Crippen molar-refractivity contribution < 1.29 is 22.7 Å². The number of ether oxygens (including phenoxy) is 2. The zero-order valence-electron chi connectivity index (χ0n) is 16.8. The molecule has 1 aliphatic rings. The van der Waals surface area contributed by atoms with Gasteiger partial charge in [-0.1, -0.05) is 6.92 Å². The van der Waals surface area contributed by atoms with E-state index in [-0.39, 0.29) is 17.5 Å². The predicted molar refractivity (Wildman–Crippen MR) is 108 cm³/mol. The average molecular weight is 423 g/mol. The number of carbonyl (C=O) groups is 1. The Kier molecular flexibility index (Phi) is 6.43. The molecule has 2 aromatic rings. The number of aromatic nitrogens is 2. The number of carbonyl (C=O) groups excluding carboxylic acids is 1. The summed E-state index contributed by atoms with van der Waals surface area (Å²) in [6.07, 6.45) is 4.42. The van der Waals surface area contributed by atoms with Crippen LogP contribution in [-0.4, -0.2) is 55.5 Å². The minimum absolute atomic E-state index is 0.0399. The van der Waals surface area contributed by atoms with Gasteiger partial charge in [-0.15, -0.1) is 0 Å². The summed E-state index contributed by atoms with van der Waals surface area (Å²) in [7, 11) is -0.599. The Morgan fingerprint density at radius 2 is 1.97 bits per heavy atom. The number of nitrogens with one attached hydrogen (secondary N) is 1. The van der Waals surface area contributed by atoms with Crippen LogP contribution in [0.2, 0.25) is 0 Å². The number of hydrogen-bond donors (Lipinski definition) is 1. The third kappa shape index (κ3) is 4.88. The maximum Gasteiger partial charge on any atom is 0.262 e. The molecule has 10 heteroatoms. The number of benzene rings is 1. The molecule has 0 aliphatic carbocycles. The maximum atomic E-state index is 12.7. The predicted octanol–water partition coefficient (Wildman–Crippen LogP) is 1.96. The Morgan fingerprint density at radius 3 is 2.62 bits per heavy atom. The molecule has 1 N–H and O–H groups in total. The summed E-state index contributed by atoms with van der Waals surface area (Å²) in [6, 6.07) is 5.05. The van der Waals surface area contributed by atoms with E-state index in [4.69, 9.17) is 9.47 Å². The van der Waals surface area contributed by atoms with Gasteiger partial charge in [-0.3, -0.25) is 4.79 Å². The highest BCUT2D eigenvalue weighted by molar-refractivity contribution is 7.89. The molecule has 0 spiro atoms. The van der Waals surface area contributed by atoms with Gasteiger partial charge in [-0.2, -0.15) is 4.31 Å². The fraction of sp³-hybridized carbons (Fsp3) is 0.474. The second-order valence-corrected chi connectivity index (χ2v) is 8.97. The first-order chi connectivity index (χ1) is 13.8. The van der Waals surface area contributed by atoms with Crippen molar-refractivity contribution in [1.82, 2.24) is 13.9 Å². The van der Waals surface area contributed by atoms with Crippen LogP contribution in [0.4, 0.5) is 5.69 Å². The van der Waals surface area contributed by atoms with Crippen molar-refractivity contribution >= 4 is 21.6 Å². The lowest BCUT2D eigenvalue weighted by atomic mass is 10.0. The molecular weight excluding hydrogens is 396 g/mol. The van der Waals surface area contributed by atoms with Crippen LogP contribution >= 0.6 is 0 Å². The fourth-order valence-corrected chi connectivity index (χ4v) is 4.58. The fourth-order valence-electron chi connectivity index (χ4n) is 3.17. The van der Waals surface area contributed by atoms with E-state index in [0.717, 1.165) is 12.8 Å². The van der Waals surface area contributed by atoms with Gasteiger partial charge in [0, 0.05) is 25.4 Å². The van der Waals surface area contributed by atoms with Gasteiger partial charge in [0.25, 0.3) is 10.0 Å². The maximum absolute atomic E-state index is 12.7. The number of imidazole rings is 1. The zero-order valence-corrected chi connectivity index (χ0v) is 17.6. The Labute approximate surface area is 170 Å². The molecule has 1 aliphatic heterocycles. The highest BCUT2D eigenvalue weighted by Gasteiger charge is 2.29. The van der Waals surface area contributed by atoms with Gasteiger partial charge in [0.15, 0.2) is 5.03 Å². The highest BCUT2D eigenvalue weighted by atomic mass is 32.2. The molecule has 158 valence electrons. The number of sulfonamides is 1. The number of anilines is 1. The number of amides is 1. The first-order valence-corrected chi connectivity index (χ1v) is 10.8. The number of nitrogens with zero attached hydrogens (tertiary/aromatic N) is 3. The summed E-state index contributed by atoms with van der Waals surface area (Å²) >= 11 is 0. The largest absolute Gasteiger partial charge is 0.497 e. The normalized spacial score (nSPS) is 15.8. The van der Waals surface area contributed by atoms with Crippen LogP contribution in [0.5, 0.6) is 11.5 Å². The summed E-state index contributed by atoms with van der Waals surface area (Å²) in [5.41, 5.74) is 0.494. The SMILES string of the molecule is COc1ccc(NC(=O)Cn2cnc(S(=O)(=O)N3CCC(C)CC3)c2)c(OC)c1. The van der Waals surface area contributed by atoms with Crippen LogP contribution < -0.4 is 14.8 Å². The van der Waals surface area contributed by atoms with Gasteiger partial charge in [0.2, 0.25) is 5.91 Å². The van der Waals surface area contributed by atoms with Gasteiger partial charge in [0.1, 0.15) is 18.0 Å². The van der Waals surface area contributed by atoms with Crippen molar-refractivity contribution in [3.05, 3.63) is 30.7 Å². The summed E-state index contributed by atoms with van der Waals surface area (Å²) in [5, 5.41) is 2.71. The molecule has 1 aromatic heterocycles.